The number of aliphatic hydroxyl groups is 1. The standard InChI is InChI=1S/C53H50O13/c54-49(39-25-13-4-14-26-39)64-45-43(62-52(57)47(66-51(56)41-29-17-6-18-30-41)46(45)65-50(55)40-27-15-5-16-28-40)35-61-53-48(60-33-38-23-11-3-12-24-38)44(59-32-37-21-9-2-10-22-37)42(63-53)34-58-31-36-19-7-1-8-20-36/h1-30,42-48,52-53,57H,31-35H2/t42-,43+,44-,45+,46-,47+,48+,52-,53+/m0/s1. The van der Waals surface area contributed by atoms with Crippen molar-refractivity contribution in [2.45, 2.75) is 75.1 Å². The van der Waals surface area contributed by atoms with Crippen LogP contribution in [0.3, 0.4) is 0 Å². The molecule has 0 aromatic heterocycles. The number of carbonyl (C=O) groups excluding carboxylic acids is 3. The number of rotatable bonds is 19. The first kappa shape index (κ1) is 46.0. The summed E-state index contributed by atoms with van der Waals surface area (Å²) < 4.78 is 56.7. The van der Waals surface area contributed by atoms with Gasteiger partial charge < -0.3 is 47.7 Å². The van der Waals surface area contributed by atoms with Crippen LogP contribution < -0.4 is 0 Å². The molecule has 0 saturated carbocycles. The Bertz CT molecular complexity index is 2410. The number of carbonyl (C=O) groups is 3. The van der Waals surface area contributed by atoms with Crippen molar-refractivity contribution in [1.29, 1.82) is 0 Å². The maximum Gasteiger partial charge on any atom is 0.338 e. The Morgan fingerprint density at radius 3 is 1.24 bits per heavy atom. The summed E-state index contributed by atoms with van der Waals surface area (Å²) in [4.78, 5) is 41.3. The number of hydrogen-bond donors (Lipinski definition) is 1. The highest BCUT2D eigenvalue weighted by Gasteiger charge is 2.54. The van der Waals surface area contributed by atoms with E-state index in [1.165, 1.54) is 24.3 Å². The number of ether oxygens (including phenoxy) is 9. The van der Waals surface area contributed by atoms with Crippen molar-refractivity contribution >= 4 is 17.9 Å². The van der Waals surface area contributed by atoms with Crippen LogP contribution in [0.25, 0.3) is 0 Å². The van der Waals surface area contributed by atoms with E-state index >= 15 is 0 Å². The summed E-state index contributed by atoms with van der Waals surface area (Å²) in [6, 6.07) is 53.4. The van der Waals surface area contributed by atoms with Gasteiger partial charge in [0, 0.05) is 0 Å². The molecule has 340 valence electrons. The highest BCUT2D eigenvalue weighted by Crippen LogP contribution is 2.34. The topological polar surface area (TPSA) is 155 Å². The van der Waals surface area contributed by atoms with Gasteiger partial charge in [-0.3, -0.25) is 0 Å². The van der Waals surface area contributed by atoms with Crippen LogP contribution in [-0.2, 0) is 62.5 Å². The van der Waals surface area contributed by atoms with Crippen molar-refractivity contribution in [3.05, 3.63) is 215 Å². The molecule has 13 nitrogen and oxygen atoms in total. The summed E-state index contributed by atoms with van der Waals surface area (Å²) in [5.41, 5.74) is 3.30. The van der Waals surface area contributed by atoms with Gasteiger partial charge in [0.15, 0.2) is 30.9 Å². The molecule has 0 spiro atoms. The van der Waals surface area contributed by atoms with Crippen LogP contribution in [-0.4, -0.2) is 91.5 Å². The normalized spacial score (nSPS) is 23.7. The lowest BCUT2D eigenvalue weighted by atomic mass is 9.97. The molecule has 66 heavy (non-hydrogen) atoms. The summed E-state index contributed by atoms with van der Waals surface area (Å²) >= 11 is 0. The quantitative estimate of drug-likeness (QED) is 0.0631. The summed E-state index contributed by atoms with van der Waals surface area (Å²) in [6.45, 7) is 0.436. The van der Waals surface area contributed by atoms with E-state index in [9.17, 15) is 19.5 Å². The smallest absolute Gasteiger partial charge is 0.338 e. The Morgan fingerprint density at radius 1 is 0.394 bits per heavy atom. The molecular weight excluding hydrogens is 845 g/mol. The van der Waals surface area contributed by atoms with E-state index in [1.807, 2.05) is 91.0 Å². The van der Waals surface area contributed by atoms with Crippen molar-refractivity contribution in [3.8, 4) is 0 Å². The monoisotopic (exact) mass is 894 g/mol. The molecule has 6 aromatic rings. The van der Waals surface area contributed by atoms with Gasteiger partial charge in [-0.05, 0) is 53.1 Å². The fourth-order valence-electron chi connectivity index (χ4n) is 7.66. The lowest BCUT2D eigenvalue weighted by molar-refractivity contribution is -0.296. The lowest BCUT2D eigenvalue weighted by Gasteiger charge is -2.43. The van der Waals surface area contributed by atoms with E-state index < -0.39 is 79.8 Å². The Balaban J connectivity index is 1.09. The first-order valence-corrected chi connectivity index (χ1v) is 21.7. The molecule has 0 radical (unpaired) electrons. The van der Waals surface area contributed by atoms with E-state index in [0.29, 0.717) is 6.61 Å². The fraction of sp³-hybridized carbons (Fsp3) is 0.264. The van der Waals surface area contributed by atoms with Crippen molar-refractivity contribution in [2.75, 3.05) is 13.2 Å². The van der Waals surface area contributed by atoms with Gasteiger partial charge in [0.25, 0.3) is 0 Å². The van der Waals surface area contributed by atoms with Crippen LogP contribution in [0.4, 0.5) is 0 Å². The summed E-state index contributed by atoms with van der Waals surface area (Å²) in [5.74, 6) is -2.47. The molecule has 13 heteroatoms. The van der Waals surface area contributed by atoms with Gasteiger partial charge in [-0.25, -0.2) is 14.4 Å². The maximum atomic E-state index is 13.9. The van der Waals surface area contributed by atoms with E-state index in [2.05, 4.69) is 0 Å². The molecule has 1 N–H and O–H groups in total. The molecule has 2 aliphatic rings. The first-order chi connectivity index (χ1) is 32.4. The minimum absolute atomic E-state index is 0.112. The van der Waals surface area contributed by atoms with E-state index in [-0.39, 0.29) is 36.5 Å². The lowest BCUT2D eigenvalue weighted by Crippen LogP contribution is -2.62. The van der Waals surface area contributed by atoms with Gasteiger partial charge >= 0.3 is 17.9 Å². The largest absolute Gasteiger partial charge is 0.452 e. The zero-order chi connectivity index (χ0) is 45.5. The highest BCUT2D eigenvalue weighted by molar-refractivity contribution is 5.91. The Labute approximate surface area is 382 Å². The molecule has 0 bridgehead atoms. The second-order valence-corrected chi connectivity index (χ2v) is 15.7. The zero-order valence-electron chi connectivity index (χ0n) is 35.9. The average Bonchev–Trinajstić information content (AvgIpc) is 3.70. The number of aliphatic hydroxyl groups excluding tert-OH is 1. The third-order valence-corrected chi connectivity index (χ3v) is 11.0. The van der Waals surface area contributed by atoms with Gasteiger partial charge in [0.1, 0.15) is 24.4 Å². The van der Waals surface area contributed by atoms with Crippen molar-refractivity contribution < 1.29 is 62.1 Å². The zero-order valence-corrected chi connectivity index (χ0v) is 35.9. The Hall–Kier alpha value is -6.55. The molecule has 2 fully saturated rings. The molecule has 2 aliphatic heterocycles. The van der Waals surface area contributed by atoms with Crippen LogP contribution >= 0.6 is 0 Å². The molecule has 9 atom stereocenters. The second kappa shape index (κ2) is 23.1. The molecule has 2 saturated heterocycles. The number of hydrogen-bond acceptors (Lipinski definition) is 13. The minimum Gasteiger partial charge on any atom is -0.452 e. The molecule has 0 aliphatic carbocycles. The van der Waals surface area contributed by atoms with Gasteiger partial charge in [-0.1, -0.05) is 146 Å². The third kappa shape index (κ3) is 12.2. The minimum atomic E-state index is -1.89. The van der Waals surface area contributed by atoms with Crippen LogP contribution in [0.5, 0.6) is 0 Å². The van der Waals surface area contributed by atoms with E-state index in [1.54, 1.807) is 66.7 Å². The fourth-order valence-corrected chi connectivity index (χ4v) is 7.66. The van der Waals surface area contributed by atoms with Crippen LogP contribution in [0, 0.1) is 0 Å². The molecule has 0 unspecified atom stereocenters. The molecular formula is C53H50O13. The Kier molecular flexibility index (Phi) is 16.1. The van der Waals surface area contributed by atoms with Gasteiger partial charge in [0.05, 0.1) is 49.7 Å². The SMILES string of the molecule is O=C(O[C@@H]1[C@@H](OC(=O)c2ccccc2)[C@@H](O)O[C@H](CO[C@@H]2O[C@@H](COCc3ccccc3)[C@H](OCc3ccccc3)[C@H]2OCc2ccccc2)[C@H]1OC(=O)c1ccccc1)c1ccccc1. The van der Waals surface area contributed by atoms with E-state index in [4.69, 9.17) is 42.6 Å². The van der Waals surface area contributed by atoms with Crippen molar-refractivity contribution in [3.63, 3.8) is 0 Å². The highest BCUT2D eigenvalue weighted by atomic mass is 16.7. The predicted molar refractivity (Wildman–Crippen MR) is 239 cm³/mol. The van der Waals surface area contributed by atoms with Gasteiger partial charge in [0.2, 0.25) is 0 Å². The number of esters is 3. The van der Waals surface area contributed by atoms with Crippen LogP contribution in [0.15, 0.2) is 182 Å². The Morgan fingerprint density at radius 2 is 0.773 bits per heavy atom. The first-order valence-electron chi connectivity index (χ1n) is 21.7. The van der Waals surface area contributed by atoms with Crippen molar-refractivity contribution in [1.82, 2.24) is 0 Å². The average molecular weight is 895 g/mol. The molecule has 8 rings (SSSR count). The molecule has 2 heterocycles. The summed E-state index contributed by atoms with van der Waals surface area (Å²) in [6.07, 6.45) is -11.4. The van der Waals surface area contributed by atoms with Crippen molar-refractivity contribution in [2.24, 2.45) is 0 Å². The summed E-state index contributed by atoms with van der Waals surface area (Å²) in [7, 11) is 0. The maximum absolute atomic E-state index is 13.9. The molecule has 0 amide bonds. The van der Waals surface area contributed by atoms with Gasteiger partial charge in [-0.2, -0.15) is 0 Å². The van der Waals surface area contributed by atoms with Crippen LogP contribution in [0.2, 0.25) is 0 Å². The number of benzene rings is 6. The third-order valence-electron chi connectivity index (χ3n) is 11.0. The second-order valence-electron chi connectivity index (χ2n) is 15.7. The van der Waals surface area contributed by atoms with E-state index in [0.717, 1.165) is 16.7 Å². The molecule has 6 aromatic carbocycles. The predicted octanol–water partition coefficient (Wildman–Crippen LogP) is 7.51. The van der Waals surface area contributed by atoms with Gasteiger partial charge in [-0.15, -0.1) is 0 Å². The van der Waals surface area contributed by atoms with Crippen LogP contribution in [0.1, 0.15) is 47.8 Å². The summed E-state index contributed by atoms with van der Waals surface area (Å²) in [5, 5.41) is 11.7.